The number of carbonyl (C=O) groups excluding carboxylic acids is 2. The first kappa shape index (κ1) is 17.2. The maximum atomic E-state index is 12.8. The van der Waals surface area contributed by atoms with Gasteiger partial charge in [-0.05, 0) is 43.0 Å². The predicted molar refractivity (Wildman–Crippen MR) is 87.2 cm³/mol. The molecule has 0 heterocycles. The Morgan fingerprint density at radius 1 is 1.13 bits per heavy atom. The summed E-state index contributed by atoms with van der Waals surface area (Å²) < 4.78 is 12.8. The number of hydrogen-bond acceptors (Lipinski definition) is 3. The molecule has 0 aromatic heterocycles. The molecule has 1 fully saturated rings. The Morgan fingerprint density at radius 3 is 2.39 bits per heavy atom. The first-order chi connectivity index (χ1) is 11.1. The van der Waals surface area contributed by atoms with E-state index in [4.69, 9.17) is 5.73 Å². The summed E-state index contributed by atoms with van der Waals surface area (Å²) in [6, 6.07) is 6.00. The largest absolute Gasteiger partial charge is 0.383 e. The highest BCUT2D eigenvalue weighted by molar-refractivity contribution is 5.99. The quantitative estimate of drug-likeness (QED) is 0.531. The minimum absolute atomic E-state index is 0.0614. The number of nitrogens with two attached hydrogens (primary N) is 1. The first-order valence-corrected chi connectivity index (χ1v) is 8.14. The maximum absolute atomic E-state index is 12.8. The van der Waals surface area contributed by atoms with E-state index in [1.807, 2.05) is 0 Å². The molecule has 1 aliphatic rings. The fourth-order valence-electron chi connectivity index (χ4n) is 3.11. The van der Waals surface area contributed by atoms with Crippen molar-refractivity contribution in [3.8, 4) is 0 Å². The van der Waals surface area contributed by atoms with E-state index in [-0.39, 0.29) is 17.6 Å². The van der Waals surface area contributed by atoms with Crippen LogP contribution in [-0.2, 0) is 9.59 Å². The monoisotopic (exact) mass is 321 g/mol. The van der Waals surface area contributed by atoms with Crippen LogP contribution in [0.2, 0.25) is 0 Å². The standard InChI is InChI=1S/C17H24FN3O2/c18-13-6-8-14(9-7-13)20-10-11-21-17(23)15(16(19)22)12-4-2-1-3-5-12/h6-9,12,15,20H,1-5,10-11H2,(H2,19,22)(H,21,23)/t15-/m0/s1. The molecule has 6 heteroatoms. The van der Waals surface area contributed by atoms with Gasteiger partial charge < -0.3 is 16.4 Å². The highest BCUT2D eigenvalue weighted by Crippen LogP contribution is 2.30. The Bertz CT molecular complexity index is 527. The SMILES string of the molecule is NC(=O)[C@@H](C(=O)NCCNc1ccc(F)cc1)C1CCCCC1. The van der Waals surface area contributed by atoms with E-state index in [1.165, 1.54) is 12.1 Å². The van der Waals surface area contributed by atoms with Gasteiger partial charge in [-0.15, -0.1) is 0 Å². The molecular weight excluding hydrogens is 297 g/mol. The average molecular weight is 321 g/mol. The highest BCUT2D eigenvalue weighted by atomic mass is 19.1. The van der Waals surface area contributed by atoms with Gasteiger partial charge >= 0.3 is 0 Å². The molecule has 2 rings (SSSR count). The molecule has 0 unspecified atom stereocenters. The van der Waals surface area contributed by atoms with Crippen molar-refractivity contribution in [3.05, 3.63) is 30.1 Å². The maximum Gasteiger partial charge on any atom is 0.232 e. The second-order valence-corrected chi connectivity index (χ2v) is 6.00. The summed E-state index contributed by atoms with van der Waals surface area (Å²) in [5.74, 6) is -1.79. The van der Waals surface area contributed by atoms with Gasteiger partial charge in [0.1, 0.15) is 11.7 Å². The van der Waals surface area contributed by atoms with Crippen LogP contribution >= 0.6 is 0 Å². The summed E-state index contributed by atoms with van der Waals surface area (Å²) in [5, 5.41) is 5.84. The van der Waals surface area contributed by atoms with Crippen LogP contribution in [0.25, 0.3) is 0 Å². The third kappa shape index (κ3) is 5.23. The van der Waals surface area contributed by atoms with Crippen LogP contribution in [-0.4, -0.2) is 24.9 Å². The minimum atomic E-state index is -0.735. The van der Waals surface area contributed by atoms with Crippen LogP contribution < -0.4 is 16.4 Å². The normalized spacial score (nSPS) is 16.6. The number of primary amides is 1. The van der Waals surface area contributed by atoms with E-state index in [9.17, 15) is 14.0 Å². The molecule has 5 nitrogen and oxygen atoms in total. The number of amides is 2. The smallest absolute Gasteiger partial charge is 0.232 e. The van der Waals surface area contributed by atoms with Crippen molar-refractivity contribution in [1.82, 2.24) is 5.32 Å². The fraction of sp³-hybridized carbons (Fsp3) is 0.529. The van der Waals surface area contributed by atoms with Crippen molar-refractivity contribution in [2.24, 2.45) is 17.6 Å². The Labute approximate surface area is 135 Å². The number of halogens is 1. The summed E-state index contributed by atoms with van der Waals surface area (Å²) in [5.41, 5.74) is 6.20. The molecule has 1 aliphatic carbocycles. The van der Waals surface area contributed by atoms with Gasteiger partial charge in [-0.2, -0.15) is 0 Å². The molecule has 23 heavy (non-hydrogen) atoms. The fourth-order valence-corrected chi connectivity index (χ4v) is 3.11. The van der Waals surface area contributed by atoms with Gasteiger partial charge in [0, 0.05) is 18.8 Å². The van der Waals surface area contributed by atoms with E-state index in [2.05, 4.69) is 10.6 Å². The van der Waals surface area contributed by atoms with E-state index < -0.39 is 11.8 Å². The minimum Gasteiger partial charge on any atom is -0.383 e. The molecule has 0 saturated heterocycles. The molecule has 1 saturated carbocycles. The Balaban J connectivity index is 1.77. The van der Waals surface area contributed by atoms with Crippen LogP contribution in [0, 0.1) is 17.7 Å². The average Bonchev–Trinajstić information content (AvgIpc) is 2.54. The summed E-state index contributed by atoms with van der Waals surface area (Å²) >= 11 is 0. The van der Waals surface area contributed by atoms with Crippen molar-refractivity contribution in [2.45, 2.75) is 32.1 Å². The van der Waals surface area contributed by atoms with Gasteiger partial charge in [-0.3, -0.25) is 9.59 Å². The zero-order valence-electron chi connectivity index (χ0n) is 13.2. The molecule has 1 atom stereocenters. The topological polar surface area (TPSA) is 84.2 Å². The molecule has 126 valence electrons. The molecule has 0 aliphatic heterocycles. The van der Waals surface area contributed by atoms with Crippen LogP contribution in [0.15, 0.2) is 24.3 Å². The number of rotatable bonds is 7. The molecule has 0 spiro atoms. The lowest BCUT2D eigenvalue weighted by Gasteiger charge is -2.27. The van der Waals surface area contributed by atoms with Crippen LogP contribution in [0.1, 0.15) is 32.1 Å². The molecule has 0 radical (unpaired) electrons. The predicted octanol–water partition coefficient (Wildman–Crippen LogP) is 2.04. The Hall–Kier alpha value is -2.11. The third-order valence-electron chi connectivity index (χ3n) is 4.31. The molecule has 2 amide bonds. The van der Waals surface area contributed by atoms with Gasteiger partial charge in [0.05, 0.1) is 0 Å². The van der Waals surface area contributed by atoms with E-state index in [1.54, 1.807) is 12.1 Å². The second kappa shape index (κ2) is 8.50. The van der Waals surface area contributed by atoms with E-state index in [0.717, 1.165) is 37.8 Å². The highest BCUT2D eigenvalue weighted by Gasteiger charge is 2.33. The van der Waals surface area contributed by atoms with Crippen molar-refractivity contribution in [2.75, 3.05) is 18.4 Å². The van der Waals surface area contributed by atoms with Crippen LogP contribution in [0.3, 0.4) is 0 Å². The van der Waals surface area contributed by atoms with Crippen molar-refractivity contribution in [3.63, 3.8) is 0 Å². The summed E-state index contributed by atoms with van der Waals surface area (Å²) in [6.45, 7) is 0.875. The lowest BCUT2D eigenvalue weighted by Crippen LogP contribution is -2.44. The number of hydrogen-bond donors (Lipinski definition) is 3. The number of nitrogens with one attached hydrogen (secondary N) is 2. The summed E-state index contributed by atoms with van der Waals surface area (Å²) in [6.07, 6.45) is 5.02. The number of carbonyl (C=O) groups is 2. The van der Waals surface area contributed by atoms with Gasteiger partial charge in [0.2, 0.25) is 11.8 Å². The second-order valence-electron chi connectivity index (χ2n) is 6.00. The summed E-state index contributed by atoms with van der Waals surface area (Å²) in [7, 11) is 0. The Kier molecular flexibility index (Phi) is 6.38. The van der Waals surface area contributed by atoms with E-state index >= 15 is 0 Å². The van der Waals surface area contributed by atoms with Gasteiger partial charge in [-0.1, -0.05) is 19.3 Å². The molecule has 4 N–H and O–H groups in total. The van der Waals surface area contributed by atoms with Gasteiger partial charge in [0.25, 0.3) is 0 Å². The van der Waals surface area contributed by atoms with Crippen LogP contribution in [0.4, 0.5) is 10.1 Å². The van der Waals surface area contributed by atoms with Gasteiger partial charge in [-0.25, -0.2) is 4.39 Å². The molecular formula is C17H24FN3O2. The molecule has 1 aromatic carbocycles. The summed E-state index contributed by atoms with van der Waals surface area (Å²) in [4.78, 5) is 23.9. The van der Waals surface area contributed by atoms with Crippen molar-refractivity contribution < 1.29 is 14.0 Å². The molecule has 0 bridgehead atoms. The van der Waals surface area contributed by atoms with Crippen LogP contribution in [0.5, 0.6) is 0 Å². The van der Waals surface area contributed by atoms with Crippen molar-refractivity contribution in [1.29, 1.82) is 0 Å². The van der Waals surface area contributed by atoms with E-state index in [0.29, 0.717) is 13.1 Å². The third-order valence-corrected chi connectivity index (χ3v) is 4.31. The number of anilines is 1. The van der Waals surface area contributed by atoms with Crippen molar-refractivity contribution >= 4 is 17.5 Å². The zero-order valence-corrected chi connectivity index (χ0v) is 13.2. The lowest BCUT2D eigenvalue weighted by atomic mass is 9.79. The van der Waals surface area contributed by atoms with Gasteiger partial charge in [0.15, 0.2) is 0 Å². The lowest BCUT2D eigenvalue weighted by molar-refractivity contribution is -0.136. The zero-order chi connectivity index (χ0) is 16.7. The Morgan fingerprint density at radius 2 is 1.78 bits per heavy atom. The molecule has 1 aromatic rings. The number of benzene rings is 1. The first-order valence-electron chi connectivity index (χ1n) is 8.14.